The number of nitrogens with one attached hydrogen (secondary N) is 1. The number of carbonyl (C=O) groups is 2. The van der Waals surface area contributed by atoms with Crippen molar-refractivity contribution in [3.05, 3.63) is 42.1 Å². The second-order valence-corrected chi connectivity index (χ2v) is 12.9. The molecule has 43 heavy (non-hydrogen) atoms. The normalized spacial score (nSPS) is 19.7. The molecule has 0 bridgehead atoms. The number of ether oxygens (including phenoxy) is 2. The van der Waals surface area contributed by atoms with Crippen molar-refractivity contribution in [2.45, 2.75) is 84.4 Å². The zero-order chi connectivity index (χ0) is 31.1. The van der Waals surface area contributed by atoms with E-state index in [9.17, 15) is 14.0 Å². The van der Waals surface area contributed by atoms with Gasteiger partial charge in [-0.2, -0.15) is 0 Å². The number of benzene rings is 1. The van der Waals surface area contributed by atoms with Crippen LogP contribution in [-0.2, 0) is 4.74 Å². The fourth-order valence-electron chi connectivity index (χ4n) is 5.54. The zero-order valence-electron chi connectivity index (χ0n) is 26.4. The van der Waals surface area contributed by atoms with E-state index >= 15 is 0 Å². The number of piperazine rings is 1. The number of alkyl carbamates (subject to hydrolysis) is 1. The minimum Gasteiger partial charge on any atom is -0.451 e. The molecule has 2 aliphatic rings. The lowest BCUT2D eigenvalue weighted by molar-refractivity contribution is 0.0485. The summed E-state index contributed by atoms with van der Waals surface area (Å²) in [6.07, 6.45) is 8.11. The van der Waals surface area contributed by atoms with Gasteiger partial charge >= 0.3 is 6.09 Å². The van der Waals surface area contributed by atoms with Gasteiger partial charge in [0.1, 0.15) is 23.5 Å². The molecule has 4 rings (SSSR count). The van der Waals surface area contributed by atoms with Crippen molar-refractivity contribution in [2.75, 3.05) is 44.7 Å². The van der Waals surface area contributed by atoms with Crippen LogP contribution in [0.2, 0.25) is 0 Å². The van der Waals surface area contributed by atoms with E-state index in [0.29, 0.717) is 17.5 Å². The van der Waals surface area contributed by atoms with Crippen LogP contribution in [-0.4, -0.2) is 89.2 Å². The smallest absolute Gasteiger partial charge is 0.407 e. The highest BCUT2D eigenvalue weighted by molar-refractivity contribution is 5.97. The molecule has 2 amide bonds. The Hall–Kier alpha value is -3.47. The number of aromatic nitrogens is 2. The molecule has 2 fully saturated rings. The number of halogens is 1. The monoisotopic (exact) mass is 598 g/mol. The van der Waals surface area contributed by atoms with Gasteiger partial charge in [-0.15, -0.1) is 0 Å². The molecule has 1 aliphatic carbocycles. The molecule has 236 valence electrons. The Kier molecular flexibility index (Phi) is 10.8. The summed E-state index contributed by atoms with van der Waals surface area (Å²) in [7, 11) is 1.69. The predicted molar refractivity (Wildman–Crippen MR) is 164 cm³/mol. The minimum absolute atomic E-state index is 0.0493. The van der Waals surface area contributed by atoms with Gasteiger partial charge in [-0.25, -0.2) is 19.2 Å². The highest BCUT2D eigenvalue weighted by atomic mass is 19.1. The van der Waals surface area contributed by atoms with Gasteiger partial charge in [0.2, 0.25) is 0 Å². The Labute approximate surface area is 254 Å². The van der Waals surface area contributed by atoms with Crippen LogP contribution in [0.15, 0.2) is 30.7 Å². The average molecular weight is 599 g/mol. The summed E-state index contributed by atoms with van der Waals surface area (Å²) in [5, 5.41) is 3.03. The van der Waals surface area contributed by atoms with E-state index in [2.05, 4.69) is 25.1 Å². The summed E-state index contributed by atoms with van der Waals surface area (Å²) in [4.78, 5) is 40.0. The lowest BCUT2D eigenvalue weighted by atomic mass is 9.84. The zero-order valence-corrected chi connectivity index (χ0v) is 26.4. The third-order valence-electron chi connectivity index (χ3n) is 8.24. The first kappa shape index (κ1) is 32.4. The van der Waals surface area contributed by atoms with E-state index < -0.39 is 11.4 Å². The molecular weight excluding hydrogens is 551 g/mol. The molecule has 1 saturated carbocycles. The van der Waals surface area contributed by atoms with E-state index in [1.165, 1.54) is 24.5 Å². The quantitative estimate of drug-likeness (QED) is 0.405. The molecule has 0 atom stereocenters. The second-order valence-electron chi connectivity index (χ2n) is 12.9. The van der Waals surface area contributed by atoms with Crippen LogP contribution in [0.3, 0.4) is 0 Å². The number of hydrogen-bond donors (Lipinski definition) is 1. The largest absolute Gasteiger partial charge is 0.451 e. The van der Waals surface area contributed by atoms with Crippen molar-refractivity contribution in [1.29, 1.82) is 0 Å². The van der Waals surface area contributed by atoms with Crippen molar-refractivity contribution in [3.8, 4) is 11.5 Å². The van der Waals surface area contributed by atoms with Crippen molar-refractivity contribution in [1.82, 2.24) is 25.1 Å². The van der Waals surface area contributed by atoms with Crippen LogP contribution in [0, 0.1) is 11.7 Å². The van der Waals surface area contributed by atoms with Crippen molar-refractivity contribution >= 4 is 17.8 Å². The Balaban J connectivity index is 1.28. The molecule has 1 aromatic heterocycles. The SMILES string of the molecule is CC(C)N(C)C(=O)c1cc(F)ccc1Oc1cncnc1N1CCN(CCC2CCC(NC(=O)OC(C)(C)C)CC2)CC1. The molecule has 0 radical (unpaired) electrons. The number of anilines is 1. The third-order valence-corrected chi connectivity index (χ3v) is 8.24. The lowest BCUT2D eigenvalue weighted by Gasteiger charge is -2.37. The molecule has 10 nitrogen and oxygen atoms in total. The Morgan fingerprint density at radius 3 is 2.44 bits per heavy atom. The maximum absolute atomic E-state index is 14.1. The van der Waals surface area contributed by atoms with Crippen LogP contribution >= 0.6 is 0 Å². The fourth-order valence-corrected chi connectivity index (χ4v) is 5.54. The molecule has 1 aromatic carbocycles. The number of amides is 2. The predicted octanol–water partition coefficient (Wildman–Crippen LogP) is 5.48. The van der Waals surface area contributed by atoms with E-state index in [1.54, 1.807) is 18.1 Å². The average Bonchev–Trinajstić information content (AvgIpc) is 2.96. The highest BCUT2D eigenvalue weighted by Gasteiger charge is 2.27. The standard InChI is InChI=1S/C32H47FN6O4/c1-22(2)37(6)30(40)26-19-24(33)9-12-27(26)42-28-20-34-21-35-29(28)39-17-15-38(16-18-39)14-13-23-7-10-25(11-8-23)36-31(41)43-32(3,4)5/h9,12,19-23,25H,7-8,10-11,13-18H2,1-6H3,(H,36,41). The van der Waals surface area contributed by atoms with Crippen molar-refractivity contribution in [3.63, 3.8) is 0 Å². The first-order chi connectivity index (χ1) is 20.4. The molecule has 2 aromatic rings. The van der Waals surface area contributed by atoms with Gasteiger partial charge in [0, 0.05) is 45.3 Å². The molecular formula is C32H47FN6O4. The van der Waals surface area contributed by atoms with Crippen LogP contribution in [0.25, 0.3) is 0 Å². The molecule has 11 heteroatoms. The van der Waals surface area contributed by atoms with Crippen LogP contribution < -0.4 is 15.0 Å². The van der Waals surface area contributed by atoms with Gasteiger partial charge in [-0.3, -0.25) is 9.69 Å². The summed E-state index contributed by atoms with van der Waals surface area (Å²) in [5.41, 5.74) is -0.324. The number of rotatable bonds is 9. The van der Waals surface area contributed by atoms with Crippen LogP contribution in [0.5, 0.6) is 11.5 Å². The molecule has 0 spiro atoms. The maximum Gasteiger partial charge on any atom is 0.407 e. The van der Waals surface area contributed by atoms with E-state index in [4.69, 9.17) is 9.47 Å². The molecule has 0 unspecified atom stereocenters. The Morgan fingerprint density at radius 2 is 1.79 bits per heavy atom. The topological polar surface area (TPSA) is 100 Å². The molecule has 1 aliphatic heterocycles. The minimum atomic E-state index is -0.501. The molecule has 1 saturated heterocycles. The summed E-state index contributed by atoms with van der Waals surface area (Å²) in [6, 6.07) is 4.12. The summed E-state index contributed by atoms with van der Waals surface area (Å²) >= 11 is 0. The van der Waals surface area contributed by atoms with Gasteiger partial charge in [-0.05, 0) is 97.4 Å². The summed E-state index contributed by atoms with van der Waals surface area (Å²) in [5.74, 6) is 1.21. The lowest BCUT2D eigenvalue weighted by Crippen LogP contribution is -2.47. The molecule has 1 N–H and O–H groups in total. The Bertz CT molecular complexity index is 1240. The first-order valence-corrected chi connectivity index (χ1v) is 15.4. The van der Waals surface area contributed by atoms with Gasteiger partial charge < -0.3 is 24.6 Å². The number of hydrogen-bond acceptors (Lipinski definition) is 8. The Morgan fingerprint density at radius 1 is 1.09 bits per heavy atom. The summed E-state index contributed by atoms with van der Waals surface area (Å²) in [6.45, 7) is 13.8. The van der Waals surface area contributed by atoms with Crippen LogP contribution in [0.1, 0.15) is 77.1 Å². The fraction of sp³-hybridized carbons (Fsp3) is 0.625. The summed E-state index contributed by atoms with van der Waals surface area (Å²) < 4.78 is 25.7. The van der Waals surface area contributed by atoms with Gasteiger partial charge in [-0.1, -0.05) is 0 Å². The van der Waals surface area contributed by atoms with E-state index in [-0.39, 0.29) is 35.4 Å². The number of nitrogens with zero attached hydrogens (tertiary/aromatic N) is 5. The highest BCUT2D eigenvalue weighted by Crippen LogP contribution is 2.33. The van der Waals surface area contributed by atoms with E-state index in [0.717, 1.165) is 64.8 Å². The first-order valence-electron chi connectivity index (χ1n) is 15.4. The van der Waals surface area contributed by atoms with Crippen molar-refractivity contribution < 1.29 is 23.5 Å². The second kappa shape index (κ2) is 14.3. The van der Waals surface area contributed by atoms with Crippen molar-refractivity contribution in [2.24, 2.45) is 5.92 Å². The van der Waals surface area contributed by atoms with Gasteiger partial charge in [0.25, 0.3) is 5.91 Å². The van der Waals surface area contributed by atoms with E-state index in [1.807, 2.05) is 34.6 Å². The third kappa shape index (κ3) is 9.26. The van der Waals surface area contributed by atoms with Crippen LogP contribution in [0.4, 0.5) is 15.0 Å². The number of carbonyl (C=O) groups excluding carboxylic acids is 2. The maximum atomic E-state index is 14.1. The molecule has 2 heterocycles. The van der Waals surface area contributed by atoms with Gasteiger partial charge in [0.05, 0.1) is 11.8 Å². The van der Waals surface area contributed by atoms with Gasteiger partial charge in [0.15, 0.2) is 11.6 Å².